The van der Waals surface area contributed by atoms with Gasteiger partial charge in [-0.2, -0.15) is 29.4 Å². The molecule has 0 spiro atoms. The Morgan fingerprint density at radius 1 is 0.559 bits per heavy atom. The summed E-state index contributed by atoms with van der Waals surface area (Å²) < 4.78 is 0. The van der Waals surface area contributed by atoms with Gasteiger partial charge < -0.3 is 0 Å². The molecule has 6 nitrogen and oxygen atoms in total. The van der Waals surface area contributed by atoms with Gasteiger partial charge in [0.2, 0.25) is 0 Å². The minimum atomic E-state index is -4.11. The lowest BCUT2D eigenvalue weighted by atomic mass is 9.84. The lowest BCUT2D eigenvalue weighted by Crippen LogP contribution is -2.26. The Morgan fingerprint density at radius 3 is 1.09 bits per heavy atom. The Balaban J connectivity index is 2.23. The summed E-state index contributed by atoms with van der Waals surface area (Å²) in [6, 6.07) is 7.39. The standard InChI is InChI=1S/C26H42O6P2/c1-17-13-23(33(27,28)29)21(25(3,4)5)15-19(17)11-9-10-12-20-16-22(26(6,7)8)24(14-18(20)2)34(30,31)32/h13-16,27-32H,9-12H2,1-8H3/q+2. The summed E-state index contributed by atoms with van der Waals surface area (Å²) in [7, 11) is -8.22. The van der Waals surface area contributed by atoms with Crippen LogP contribution in [0.4, 0.5) is 0 Å². The molecule has 34 heavy (non-hydrogen) atoms. The molecule has 0 aliphatic rings. The molecule has 0 aromatic heterocycles. The van der Waals surface area contributed by atoms with Crippen molar-refractivity contribution in [2.45, 2.75) is 91.9 Å². The zero-order chi connectivity index (χ0) is 26.3. The van der Waals surface area contributed by atoms with Gasteiger partial charge in [0.05, 0.1) is 0 Å². The highest BCUT2D eigenvalue weighted by molar-refractivity contribution is 7.67. The summed E-state index contributed by atoms with van der Waals surface area (Å²) in [5.74, 6) is 0. The molecular formula is C26H42O6P2+2. The van der Waals surface area contributed by atoms with Crippen LogP contribution in [0.3, 0.4) is 0 Å². The first-order valence-corrected chi connectivity index (χ1v) is 15.0. The summed E-state index contributed by atoms with van der Waals surface area (Å²) in [6.07, 6.45) is 3.49. The van der Waals surface area contributed by atoms with Crippen molar-refractivity contribution in [1.82, 2.24) is 0 Å². The predicted molar refractivity (Wildman–Crippen MR) is 143 cm³/mol. The summed E-state index contributed by atoms with van der Waals surface area (Å²) in [4.78, 5) is 59.6. The molecule has 0 atom stereocenters. The van der Waals surface area contributed by atoms with Crippen LogP contribution in [0.15, 0.2) is 24.3 Å². The summed E-state index contributed by atoms with van der Waals surface area (Å²) >= 11 is 0. The van der Waals surface area contributed by atoms with E-state index < -0.39 is 15.9 Å². The van der Waals surface area contributed by atoms with Gasteiger partial charge in [-0.15, -0.1) is 0 Å². The third kappa shape index (κ3) is 7.29. The van der Waals surface area contributed by atoms with E-state index in [2.05, 4.69) is 0 Å². The zero-order valence-electron chi connectivity index (χ0n) is 21.7. The highest BCUT2D eigenvalue weighted by Crippen LogP contribution is 2.47. The molecule has 0 radical (unpaired) electrons. The van der Waals surface area contributed by atoms with E-state index in [9.17, 15) is 29.4 Å². The van der Waals surface area contributed by atoms with Crippen LogP contribution in [-0.2, 0) is 23.7 Å². The third-order valence-electron chi connectivity index (χ3n) is 6.31. The second kappa shape index (κ2) is 10.2. The number of rotatable bonds is 7. The zero-order valence-corrected chi connectivity index (χ0v) is 23.5. The molecule has 0 aliphatic heterocycles. The Hall–Kier alpha value is -0.940. The minimum Gasteiger partial charge on any atom is -0.189 e. The van der Waals surface area contributed by atoms with Crippen molar-refractivity contribution in [2.24, 2.45) is 0 Å². The van der Waals surface area contributed by atoms with Crippen LogP contribution in [0.2, 0.25) is 0 Å². The molecule has 2 rings (SSSR count). The molecule has 0 saturated carbocycles. The molecule has 0 bridgehead atoms. The van der Waals surface area contributed by atoms with Crippen molar-refractivity contribution in [1.29, 1.82) is 0 Å². The summed E-state index contributed by atoms with van der Waals surface area (Å²) in [6.45, 7) is 15.8. The fraction of sp³-hybridized carbons (Fsp3) is 0.538. The highest BCUT2D eigenvalue weighted by Gasteiger charge is 2.41. The van der Waals surface area contributed by atoms with Crippen LogP contribution in [0.5, 0.6) is 0 Å². The Morgan fingerprint density at radius 2 is 0.853 bits per heavy atom. The van der Waals surface area contributed by atoms with Crippen LogP contribution >= 0.6 is 15.9 Å². The summed E-state index contributed by atoms with van der Waals surface area (Å²) in [5, 5.41) is 0.449. The van der Waals surface area contributed by atoms with Gasteiger partial charge >= 0.3 is 15.9 Å². The lowest BCUT2D eigenvalue weighted by Gasteiger charge is -2.24. The van der Waals surface area contributed by atoms with Crippen LogP contribution in [0.1, 0.15) is 87.8 Å². The molecule has 0 saturated heterocycles. The van der Waals surface area contributed by atoms with E-state index in [1.54, 1.807) is 12.1 Å². The first-order valence-electron chi connectivity index (χ1n) is 11.7. The number of unbranched alkanes of at least 4 members (excludes halogenated alkanes) is 1. The molecule has 0 amide bonds. The first kappa shape index (κ1) is 29.3. The highest BCUT2D eigenvalue weighted by atomic mass is 31.2. The van der Waals surface area contributed by atoms with Crippen LogP contribution in [-0.4, -0.2) is 29.4 Å². The Kier molecular flexibility index (Phi) is 8.79. The lowest BCUT2D eigenvalue weighted by molar-refractivity contribution is 0.344. The molecule has 190 valence electrons. The van der Waals surface area contributed by atoms with E-state index in [0.717, 1.165) is 59.1 Å². The Labute approximate surface area is 205 Å². The molecule has 2 aromatic carbocycles. The van der Waals surface area contributed by atoms with Gasteiger partial charge in [-0.25, -0.2) is 0 Å². The van der Waals surface area contributed by atoms with Gasteiger partial charge in [0.15, 0.2) is 10.6 Å². The van der Waals surface area contributed by atoms with E-state index in [1.807, 2.05) is 67.5 Å². The number of benzene rings is 2. The van der Waals surface area contributed by atoms with Gasteiger partial charge in [-0.05, 0) is 84.7 Å². The van der Waals surface area contributed by atoms with Gasteiger partial charge in [-0.3, -0.25) is 0 Å². The average molecular weight is 513 g/mol. The molecule has 0 heterocycles. The topological polar surface area (TPSA) is 121 Å². The van der Waals surface area contributed by atoms with Crippen molar-refractivity contribution < 1.29 is 29.4 Å². The van der Waals surface area contributed by atoms with Gasteiger partial charge in [-0.1, -0.05) is 53.7 Å². The van der Waals surface area contributed by atoms with Crippen LogP contribution < -0.4 is 10.6 Å². The third-order valence-corrected chi connectivity index (χ3v) is 8.35. The molecule has 0 aliphatic carbocycles. The van der Waals surface area contributed by atoms with Crippen molar-refractivity contribution in [3.8, 4) is 0 Å². The maximum absolute atomic E-state index is 9.94. The molecule has 0 fully saturated rings. The average Bonchev–Trinajstić information content (AvgIpc) is 2.63. The second-order valence-electron chi connectivity index (χ2n) is 11.4. The fourth-order valence-corrected chi connectivity index (χ4v) is 6.52. The van der Waals surface area contributed by atoms with E-state index in [1.165, 1.54) is 0 Å². The van der Waals surface area contributed by atoms with E-state index in [0.29, 0.717) is 0 Å². The number of hydrogen-bond acceptors (Lipinski definition) is 6. The van der Waals surface area contributed by atoms with E-state index in [-0.39, 0.29) is 21.4 Å². The van der Waals surface area contributed by atoms with Crippen molar-refractivity contribution in [3.05, 3.63) is 57.6 Å². The smallest absolute Gasteiger partial charge is 0.189 e. The normalized spacial score (nSPS) is 13.5. The SMILES string of the molecule is Cc1cc([P+](O)(O)O)c(C(C)(C)C)cc1CCCCc1cc(C(C)(C)C)c([P+](O)(O)O)cc1C. The number of hydrogen-bond donors (Lipinski definition) is 6. The maximum atomic E-state index is 9.94. The van der Waals surface area contributed by atoms with E-state index >= 15 is 0 Å². The predicted octanol–water partition coefficient (Wildman–Crippen LogP) is 4.19. The summed E-state index contributed by atoms with van der Waals surface area (Å²) in [5.41, 5.74) is 4.91. The van der Waals surface area contributed by atoms with Crippen LogP contribution in [0, 0.1) is 13.8 Å². The van der Waals surface area contributed by atoms with Crippen molar-refractivity contribution >= 4 is 26.5 Å². The molecule has 6 N–H and O–H groups in total. The molecule has 0 unspecified atom stereocenters. The molecule has 8 heteroatoms. The van der Waals surface area contributed by atoms with Gasteiger partial charge in [0.25, 0.3) is 0 Å². The fourth-order valence-electron chi connectivity index (χ4n) is 4.34. The quantitative estimate of drug-likeness (QED) is 0.244. The Bertz CT molecular complexity index is 939. The number of aryl methyl sites for hydroxylation is 4. The monoisotopic (exact) mass is 512 g/mol. The van der Waals surface area contributed by atoms with Gasteiger partial charge in [0.1, 0.15) is 0 Å². The van der Waals surface area contributed by atoms with Crippen molar-refractivity contribution in [3.63, 3.8) is 0 Å². The largest absolute Gasteiger partial charge is 0.441 e. The molecule has 2 aromatic rings. The maximum Gasteiger partial charge on any atom is 0.441 e. The van der Waals surface area contributed by atoms with Crippen LogP contribution in [0.25, 0.3) is 0 Å². The first-order chi connectivity index (χ1) is 15.2. The van der Waals surface area contributed by atoms with Gasteiger partial charge in [0, 0.05) is 11.1 Å². The minimum absolute atomic E-state index is 0.224. The van der Waals surface area contributed by atoms with E-state index in [4.69, 9.17) is 0 Å². The van der Waals surface area contributed by atoms with Crippen molar-refractivity contribution in [2.75, 3.05) is 0 Å². The molecular weight excluding hydrogens is 470 g/mol. The second-order valence-corrected chi connectivity index (χ2v) is 14.7.